The predicted octanol–water partition coefficient (Wildman–Crippen LogP) is 1.67. The van der Waals surface area contributed by atoms with E-state index in [-0.39, 0.29) is 17.8 Å². The SMILES string of the molecule is NC(=O)c1ccc2c(c1)N(C(F)(F)F)CC2. The van der Waals surface area contributed by atoms with Gasteiger partial charge < -0.3 is 5.73 Å². The Kier molecular flexibility index (Phi) is 2.29. The number of anilines is 1. The van der Waals surface area contributed by atoms with Gasteiger partial charge in [0, 0.05) is 17.8 Å². The van der Waals surface area contributed by atoms with E-state index in [0.29, 0.717) is 16.9 Å². The molecule has 0 unspecified atom stereocenters. The molecule has 2 N–H and O–H groups in total. The molecule has 0 radical (unpaired) electrons. The maximum atomic E-state index is 12.6. The number of hydrogen-bond acceptors (Lipinski definition) is 2. The molecule has 1 aliphatic rings. The second kappa shape index (κ2) is 3.40. The maximum absolute atomic E-state index is 12.6. The van der Waals surface area contributed by atoms with Crippen molar-refractivity contribution >= 4 is 11.6 Å². The van der Waals surface area contributed by atoms with Gasteiger partial charge in [-0.3, -0.25) is 9.69 Å². The number of primary amides is 1. The lowest BCUT2D eigenvalue weighted by Gasteiger charge is -2.22. The zero-order chi connectivity index (χ0) is 11.9. The maximum Gasteiger partial charge on any atom is 0.484 e. The number of benzene rings is 1. The molecule has 1 amide bonds. The summed E-state index contributed by atoms with van der Waals surface area (Å²) in [5.74, 6) is -0.725. The molecule has 1 heterocycles. The molecule has 0 saturated heterocycles. The summed E-state index contributed by atoms with van der Waals surface area (Å²) in [6.45, 7) is -0.110. The van der Waals surface area contributed by atoms with Crippen LogP contribution in [0, 0.1) is 0 Å². The molecule has 6 heteroatoms. The molecule has 1 aliphatic heterocycles. The highest BCUT2D eigenvalue weighted by Crippen LogP contribution is 2.36. The quantitative estimate of drug-likeness (QED) is 0.746. The van der Waals surface area contributed by atoms with Crippen molar-refractivity contribution in [1.29, 1.82) is 0 Å². The highest BCUT2D eigenvalue weighted by molar-refractivity contribution is 5.94. The van der Waals surface area contributed by atoms with Crippen molar-refractivity contribution in [2.24, 2.45) is 5.73 Å². The molecule has 1 aromatic carbocycles. The van der Waals surface area contributed by atoms with Crippen LogP contribution in [0.25, 0.3) is 0 Å². The summed E-state index contributed by atoms with van der Waals surface area (Å²) in [6, 6.07) is 4.15. The summed E-state index contributed by atoms with van der Waals surface area (Å²) >= 11 is 0. The smallest absolute Gasteiger partial charge is 0.366 e. The van der Waals surface area contributed by atoms with Gasteiger partial charge in [-0.2, -0.15) is 13.2 Å². The molecule has 3 nitrogen and oxygen atoms in total. The summed E-state index contributed by atoms with van der Waals surface area (Å²) in [7, 11) is 0. The Morgan fingerprint density at radius 2 is 2.06 bits per heavy atom. The minimum absolute atomic E-state index is 0.0313. The first-order valence-electron chi connectivity index (χ1n) is 4.66. The standard InChI is InChI=1S/C10H9F3N2O/c11-10(12,13)15-4-3-6-1-2-7(9(14)16)5-8(6)15/h1-2,5H,3-4H2,(H2,14,16). The average Bonchev–Trinajstić information content (AvgIpc) is 2.58. The predicted molar refractivity (Wildman–Crippen MR) is 52.1 cm³/mol. The van der Waals surface area contributed by atoms with Crippen LogP contribution >= 0.6 is 0 Å². The number of hydrogen-bond donors (Lipinski definition) is 1. The number of nitrogens with two attached hydrogens (primary N) is 1. The summed E-state index contributed by atoms with van der Waals surface area (Å²) in [4.78, 5) is 11.2. The van der Waals surface area contributed by atoms with E-state index >= 15 is 0 Å². The van der Waals surface area contributed by atoms with E-state index in [1.807, 2.05) is 0 Å². The van der Waals surface area contributed by atoms with E-state index < -0.39 is 12.2 Å². The van der Waals surface area contributed by atoms with Crippen molar-refractivity contribution in [2.45, 2.75) is 12.7 Å². The summed E-state index contributed by atoms with van der Waals surface area (Å²) in [5.41, 5.74) is 5.73. The van der Waals surface area contributed by atoms with Gasteiger partial charge in [-0.25, -0.2) is 0 Å². The van der Waals surface area contributed by atoms with Gasteiger partial charge in [0.05, 0.1) is 0 Å². The Morgan fingerprint density at radius 1 is 1.38 bits per heavy atom. The molecular weight excluding hydrogens is 221 g/mol. The topological polar surface area (TPSA) is 46.3 Å². The van der Waals surface area contributed by atoms with Crippen LogP contribution in [0.15, 0.2) is 18.2 Å². The third-order valence-electron chi connectivity index (χ3n) is 2.57. The number of rotatable bonds is 1. The molecular formula is C10H9F3N2O. The lowest BCUT2D eigenvalue weighted by molar-refractivity contribution is -0.127. The Balaban J connectivity index is 2.45. The van der Waals surface area contributed by atoms with Crippen molar-refractivity contribution in [3.8, 4) is 0 Å². The molecule has 0 spiro atoms. The Morgan fingerprint density at radius 3 is 2.62 bits per heavy atom. The zero-order valence-electron chi connectivity index (χ0n) is 8.21. The van der Waals surface area contributed by atoms with Crippen LogP contribution in [0.1, 0.15) is 15.9 Å². The van der Waals surface area contributed by atoms with Crippen molar-refractivity contribution < 1.29 is 18.0 Å². The van der Waals surface area contributed by atoms with E-state index in [9.17, 15) is 18.0 Å². The second-order valence-corrected chi connectivity index (χ2v) is 3.58. The first-order chi connectivity index (χ1) is 7.39. The van der Waals surface area contributed by atoms with Crippen LogP contribution in [-0.4, -0.2) is 18.8 Å². The van der Waals surface area contributed by atoms with E-state index in [0.717, 1.165) is 0 Å². The number of carbonyl (C=O) groups excluding carboxylic acids is 1. The lowest BCUT2D eigenvalue weighted by atomic mass is 10.1. The highest BCUT2D eigenvalue weighted by Gasteiger charge is 2.41. The summed E-state index contributed by atoms with van der Waals surface area (Å²) in [5, 5.41) is 0. The Bertz CT molecular complexity index is 442. The zero-order valence-corrected chi connectivity index (χ0v) is 8.21. The Hall–Kier alpha value is -1.72. The van der Waals surface area contributed by atoms with Gasteiger partial charge in [-0.15, -0.1) is 0 Å². The van der Waals surface area contributed by atoms with Gasteiger partial charge >= 0.3 is 6.30 Å². The number of carbonyl (C=O) groups is 1. The number of fused-ring (bicyclic) bond motifs is 1. The van der Waals surface area contributed by atoms with Crippen LogP contribution < -0.4 is 10.6 Å². The molecule has 0 atom stereocenters. The monoisotopic (exact) mass is 230 g/mol. The molecule has 0 bridgehead atoms. The van der Waals surface area contributed by atoms with Gasteiger partial charge in [0.1, 0.15) is 0 Å². The number of nitrogens with zero attached hydrogens (tertiary/aromatic N) is 1. The normalized spacial score (nSPS) is 15.1. The molecule has 0 fully saturated rings. The van der Waals surface area contributed by atoms with E-state index in [4.69, 9.17) is 5.73 Å². The summed E-state index contributed by atoms with van der Waals surface area (Å²) in [6.07, 6.45) is -4.09. The third kappa shape index (κ3) is 1.70. The molecule has 0 saturated carbocycles. The van der Waals surface area contributed by atoms with E-state index in [1.54, 1.807) is 0 Å². The van der Waals surface area contributed by atoms with Gasteiger partial charge in [0.25, 0.3) is 0 Å². The lowest BCUT2D eigenvalue weighted by Crippen LogP contribution is -2.36. The van der Waals surface area contributed by atoms with Crippen LogP contribution in [0.4, 0.5) is 18.9 Å². The fraction of sp³-hybridized carbons (Fsp3) is 0.300. The largest absolute Gasteiger partial charge is 0.484 e. The Labute approximate surface area is 89.6 Å². The van der Waals surface area contributed by atoms with Gasteiger partial charge in [-0.1, -0.05) is 6.07 Å². The first kappa shape index (κ1) is 10.8. The van der Waals surface area contributed by atoms with Gasteiger partial charge in [0.2, 0.25) is 5.91 Å². The minimum Gasteiger partial charge on any atom is -0.366 e. The molecule has 86 valence electrons. The van der Waals surface area contributed by atoms with Crippen molar-refractivity contribution in [1.82, 2.24) is 0 Å². The molecule has 0 aromatic heterocycles. The summed E-state index contributed by atoms with van der Waals surface area (Å²) < 4.78 is 37.7. The number of halogens is 3. The van der Waals surface area contributed by atoms with Gasteiger partial charge in [0.15, 0.2) is 0 Å². The highest BCUT2D eigenvalue weighted by atomic mass is 19.4. The molecule has 16 heavy (non-hydrogen) atoms. The average molecular weight is 230 g/mol. The van der Waals surface area contributed by atoms with Crippen molar-refractivity contribution in [2.75, 3.05) is 11.4 Å². The number of amides is 1. The molecule has 1 aromatic rings. The minimum atomic E-state index is -4.42. The molecule has 2 rings (SSSR count). The third-order valence-corrected chi connectivity index (χ3v) is 2.57. The van der Waals surface area contributed by atoms with Crippen LogP contribution in [0.5, 0.6) is 0 Å². The second-order valence-electron chi connectivity index (χ2n) is 3.58. The fourth-order valence-corrected chi connectivity index (χ4v) is 1.80. The van der Waals surface area contributed by atoms with E-state index in [2.05, 4.69) is 0 Å². The van der Waals surface area contributed by atoms with E-state index in [1.165, 1.54) is 18.2 Å². The van der Waals surface area contributed by atoms with Crippen molar-refractivity contribution in [3.63, 3.8) is 0 Å². The molecule has 0 aliphatic carbocycles. The van der Waals surface area contributed by atoms with Gasteiger partial charge in [-0.05, 0) is 24.1 Å². The van der Waals surface area contributed by atoms with Crippen LogP contribution in [-0.2, 0) is 6.42 Å². The fourth-order valence-electron chi connectivity index (χ4n) is 1.80. The first-order valence-corrected chi connectivity index (χ1v) is 4.66. The number of alkyl halides is 3. The van der Waals surface area contributed by atoms with Crippen LogP contribution in [0.2, 0.25) is 0 Å². The van der Waals surface area contributed by atoms with Crippen molar-refractivity contribution in [3.05, 3.63) is 29.3 Å². The van der Waals surface area contributed by atoms with Crippen LogP contribution in [0.3, 0.4) is 0 Å².